The van der Waals surface area contributed by atoms with Crippen LogP contribution < -0.4 is 10.4 Å². The van der Waals surface area contributed by atoms with Crippen molar-refractivity contribution in [1.29, 1.82) is 0 Å². The van der Waals surface area contributed by atoms with Crippen LogP contribution in [0.25, 0.3) is 34.2 Å². The van der Waals surface area contributed by atoms with Gasteiger partial charge in [-0.3, -0.25) is 0 Å². The van der Waals surface area contributed by atoms with Gasteiger partial charge in [-0.15, -0.1) is 0 Å². The first-order valence-corrected chi connectivity index (χ1v) is 10.1. The second kappa shape index (κ2) is 6.41. The Balaban J connectivity index is 1.87. The molecule has 134 valence electrons. The summed E-state index contributed by atoms with van der Waals surface area (Å²) in [5.74, 6) is 0. The molecule has 0 unspecified atom stereocenters. The number of hydrogen-bond acceptors (Lipinski definition) is 0. The molecular formula is C29H19+. The molecule has 2 aliphatic rings. The summed E-state index contributed by atoms with van der Waals surface area (Å²) in [6.45, 7) is 0. The van der Waals surface area contributed by atoms with Crippen LogP contribution in [0, 0.1) is 6.42 Å². The first-order valence-electron chi connectivity index (χ1n) is 10.1. The van der Waals surface area contributed by atoms with Gasteiger partial charge in [0.1, 0.15) is 5.57 Å². The van der Waals surface area contributed by atoms with Crippen LogP contribution in [0.1, 0.15) is 34.2 Å². The van der Waals surface area contributed by atoms with E-state index in [0.29, 0.717) is 0 Å². The molecule has 0 amide bonds. The molecule has 29 heavy (non-hydrogen) atoms. The summed E-state index contributed by atoms with van der Waals surface area (Å²) < 4.78 is 0. The number of allylic oxidation sites excluding steroid dienone is 1. The molecule has 0 atom stereocenters. The molecule has 0 nitrogen and oxygen atoms in total. The molecule has 0 heteroatoms. The minimum atomic E-state index is 0.969. The zero-order chi connectivity index (χ0) is 19.2. The van der Waals surface area contributed by atoms with Gasteiger partial charge in [0, 0.05) is 23.8 Å². The van der Waals surface area contributed by atoms with Crippen molar-refractivity contribution in [2.45, 2.75) is 6.42 Å². The highest BCUT2D eigenvalue weighted by atomic mass is 14.2. The van der Waals surface area contributed by atoms with Crippen LogP contribution in [0.5, 0.6) is 0 Å². The Morgan fingerprint density at radius 3 is 2.24 bits per heavy atom. The van der Waals surface area contributed by atoms with E-state index >= 15 is 0 Å². The highest BCUT2D eigenvalue weighted by Gasteiger charge is 2.26. The summed E-state index contributed by atoms with van der Waals surface area (Å²) in [5.41, 5.74) is 11.4. The molecule has 0 aliphatic heterocycles. The minimum absolute atomic E-state index is 0.969. The molecule has 0 spiro atoms. The zero-order valence-electron chi connectivity index (χ0n) is 16.0. The summed E-state index contributed by atoms with van der Waals surface area (Å²) in [4.78, 5) is 0. The van der Waals surface area contributed by atoms with E-state index in [-0.39, 0.29) is 0 Å². The first kappa shape index (κ1) is 16.2. The predicted molar refractivity (Wildman–Crippen MR) is 123 cm³/mol. The lowest BCUT2D eigenvalue weighted by Gasteiger charge is -2.14. The van der Waals surface area contributed by atoms with Gasteiger partial charge >= 0.3 is 0 Å². The van der Waals surface area contributed by atoms with Gasteiger partial charge < -0.3 is 0 Å². The molecular weight excluding hydrogens is 348 g/mol. The SMILES string of the molecule is C(=C1c2ccccc2[CH+]c2ccccc21)=c1c2c(cc3ccccc13)C=CCC=2. The molecule has 0 N–H and O–H groups in total. The van der Waals surface area contributed by atoms with Gasteiger partial charge in [-0.2, -0.15) is 0 Å². The Bertz CT molecular complexity index is 1430. The van der Waals surface area contributed by atoms with Crippen molar-refractivity contribution in [2.24, 2.45) is 0 Å². The van der Waals surface area contributed by atoms with Crippen molar-refractivity contribution < 1.29 is 0 Å². The number of hydrogen-bond donors (Lipinski definition) is 0. The van der Waals surface area contributed by atoms with Crippen molar-refractivity contribution in [3.8, 4) is 0 Å². The summed E-state index contributed by atoms with van der Waals surface area (Å²) in [6, 6.07) is 28.2. The van der Waals surface area contributed by atoms with Crippen molar-refractivity contribution >= 4 is 34.2 Å². The fraction of sp³-hybridized carbons (Fsp3) is 0.0345. The lowest BCUT2D eigenvalue weighted by atomic mass is 9.82. The van der Waals surface area contributed by atoms with Crippen LogP contribution in [0.3, 0.4) is 0 Å². The highest BCUT2D eigenvalue weighted by molar-refractivity contribution is 5.95. The second-order valence-electron chi connectivity index (χ2n) is 7.64. The van der Waals surface area contributed by atoms with Crippen LogP contribution in [0.15, 0.2) is 84.9 Å². The Morgan fingerprint density at radius 1 is 0.759 bits per heavy atom. The van der Waals surface area contributed by atoms with E-state index in [2.05, 4.69) is 109 Å². The van der Waals surface area contributed by atoms with E-state index in [1.54, 1.807) is 0 Å². The summed E-state index contributed by atoms with van der Waals surface area (Å²) in [5, 5.41) is 5.01. The number of benzene rings is 4. The van der Waals surface area contributed by atoms with Gasteiger partial charge in [-0.05, 0) is 70.4 Å². The maximum atomic E-state index is 3.90. The summed E-state index contributed by atoms with van der Waals surface area (Å²) in [6.07, 6.45) is 10.1. The second-order valence-corrected chi connectivity index (χ2v) is 7.64. The van der Waals surface area contributed by atoms with E-state index in [4.69, 9.17) is 0 Å². The third-order valence-corrected chi connectivity index (χ3v) is 5.90. The van der Waals surface area contributed by atoms with E-state index in [1.807, 2.05) is 0 Å². The van der Waals surface area contributed by atoms with Gasteiger partial charge in [0.15, 0.2) is 0 Å². The van der Waals surface area contributed by atoms with E-state index in [0.717, 1.165) is 6.42 Å². The number of rotatable bonds is 0. The normalized spacial score (nSPS) is 13.6. The van der Waals surface area contributed by atoms with Crippen LogP contribution in [0.4, 0.5) is 0 Å². The largest absolute Gasteiger partial charge is 0.100 e. The zero-order valence-corrected chi connectivity index (χ0v) is 16.0. The quantitative estimate of drug-likeness (QED) is 0.319. The molecule has 4 aromatic carbocycles. The standard InChI is InChI=1S/C29H19/c1-5-13-24-20(9-1)17-21-10-2-6-14-25(21)28(24)19-29-26-15-7-3-11-22(26)18-23-12-4-8-16-27(23)29/h1-7,9-18H,8H2/q+1. The van der Waals surface area contributed by atoms with E-state index in [1.165, 1.54) is 54.6 Å². The molecule has 0 heterocycles. The van der Waals surface area contributed by atoms with Gasteiger partial charge in [-0.25, -0.2) is 0 Å². The number of fused-ring (bicyclic) bond motifs is 4. The fourth-order valence-electron chi connectivity index (χ4n) is 4.53. The fourth-order valence-corrected chi connectivity index (χ4v) is 4.53. The van der Waals surface area contributed by atoms with Gasteiger partial charge in [0.05, 0.1) is 22.3 Å². The maximum absolute atomic E-state index is 3.90. The van der Waals surface area contributed by atoms with Crippen LogP contribution in [-0.2, 0) is 0 Å². The minimum Gasteiger partial charge on any atom is -0.0852 e. The molecule has 0 fully saturated rings. The lowest BCUT2D eigenvalue weighted by Crippen LogP contribution is -2.28. The molecule has 6 rings (SSSR count). The topological polar surface area (TPSA) is 0 Å². The monoisotopic (exact) mass is 367 g/mol. The average Bonchev–Trinajstić information content (AvgIpc) is 2.78. The Kier molecular flexibility index (Phi) is 3.59. The maximum Gasteiger partial charge on any atom is 0.100 e. The smallest absolute Gasteiger partial charge is 0.0852 e. The Morgan fingerprint density at radius 2 is 1.45 bits per heavy atom. The Hall–Kier alpha value is -3.73. The molecule has 0 saturated heterocycles. The van der Waals surface area contributed by atoms with Gasteiger partial charge in [0.2, 0.25) is 0 Å². The van der Waals surface area contributed by atoms with E-state index < -0.39 is 0 Å². The molecule has 0 radical (unpaired) electrons. The van der Waals surface area contributed by atoms with Crippen LogP contribution in [-0.4, -0.2) is 0 Å². The van der Waals surface area contributed by atoms with Crippen molar-refractivity contribution in [1.82, 2.24) is 0 Å². The van der Waals surface area contributed by atoms with E-state index in [9.17, 15) is 0 Å². The molecule has 2 aliphatic carbocycles. The Labute approximate surface area is 170 Å². The summed E-state index contributed by atoms with van der Waals surface area (Å²) >= 11 is 0. The molecule has 0 bridgehead atoms. The predicted octanol–water partition coefficient (Wildman–Crippen LogP) is 5.46. The average molecular weight is 367 g/mol. The van der Waals surface area contributed by atoms with Crippen molar-refractivity contribution in [2.75, 3.05) is 0 Å². The third-order valence-electron chi connectivity index (χ3n) is 5.90. The first-order chi connectivity index (χ1) is 14.4. The highest BCUT2D eigenvalue weighted by Crippen LogP contribution is 2.36. The summed E-state index contributed by atoms with van der Waals surface area (Å²) in [7, 11) is 0. The van der Waals surface area contributed by atoms with Gasteiger partial charge in [0.25, 0.3) is 0 Å². The van der Waals surface area contributed by atoms with Crippen LogP contribution >= 0.6 is 0 Å². The van der Waals surface area contributed by atoms with Gasteiger partial charge in [-0.1, -0.05) is 48.2 Å². The van der Waals surface area contributed by atoms with Crippen molar-refractivity contribution in [3.63, 3.8) is 0 Å². The molecule has 0 saturated carbocycles. The third kappa shape index (κ3) is 2.58. The van der Waals surface area contributed by atoms with Crippen molar-refractivity contribution in [3.05, 3.63) is 130 Å². The van der Waals surface area contributed by atoms with Crippen LogP contribution in [0.2, 0.25) is 0 Å². The lowest BCUT2D eigenvalue weighted by molar-refractivity contribution is 1.34. The molecule has 4 aromatic rings. The molecule has 0 aromatic heterocycles.